The van der Waals surface area contributed by atoms with Crippen molar-refractivity contribution in [2.75, 3.05) is 39.5 Å². The van der Waals surface area contributed by atoms with E-state index in [0.29, 0.717) is 23.8 Å². The third-order valence-corrected chi connectivity index (χ3v) is 4.94. The molecule has 0 amide bonds. The Bertz CT molecular complexity index is 369. The van der Waals surface area contributed by atoms with Crippen LogP contribution in [0.5, 0.6) is 0 Å². The number of alkyl halides is 3. The minimum Gasteiger partial charge on any atom is -0.357 e. The molecule has 1 rings (SSSR count). The van der Waals surface area contributed by atoms with Gasteiger partial charge in [-0.3, -0.25) is 9.89 Å². The Morgan fingerprint density at radius 3 is 2.62 bits per heavy atom. The second-order valence-corrected chi connectivity index (χ2v) is 7.12. The molecule has 1 aliphatic carbocycles. The average Bonchev–Trinajstić information content (AvgIpc) is 2.45. The maximum Gasteiger partial charge on any atom is 0.401 e. The van der Waals surface area contributed by atoms with Crippen molar-refractivity contribution in [2.24, 2.45) is 4.99 Å². The van der Waals surface area contributed by atoms with E-state index in [2.05, 4.69) is 21.9 Å². The van der Waals surface area contributed by atoms with Crippen molar-refractivity contribution < 1.29 is 13.2 Å². The molecule has 2 atom stereocenters. The first-order valence-corrected chi connectivity index (χ1v) is 9.45. The highest BCUT2D eigenvalue weighted by molar-refractivity contribution is 14.0. The van der Waals surface area contributed by atoms with Gasteiger partial charge in [0.05, 0.1) is 13.1 Å². The minimum absolute atomic E-state index is 0. The SMILES string of the molecule is CCNC(=NCCN(C)CC(F)(F)F)NC1CCCC(SC)C1.I. The molecular weight excluding hydrogens is 452 g/mol. The lowest BCUT2D eigenvalue weighted by Gasteiger charge is -2.30. The van der Waals surface area contributed by atoms with E-state index < -0.39 is 12.7 Å². The fourth-order valence-electron chi connectivity index (χ4n) is 2.72. The molecule has 2 N–H and O–H groups in total. The van der Waals surface area contributed by atoms with Gasteiger partial charge in [-0.05, 0) is 39.5 Å². The predicted octanol–water partition coefficient (Wildman–Crippen LogP) is 3.33. The van der Waals surface area contributed by atoms with Crippen molar-refractivity contribution in [3.63, 3.8) is 0 Å². The molecule has 0 saturated heterocycles. The summed E-state index contributed by atoms with van der Waals surface area (Å²) in [6, 6.07) is 0.395. The van der Waals surface area contributed by atoms with Gasteiger partial charge in [-0.25, -0.2) is 0 Å². The molecule has 0 aliphatic heterocycles. The lowest BCUT2D eigenvalue weighted by atomic mass is 9.95. The Hall–Kier alpha value is 0.1000. The van der Waals surface area contributed by atoms with Gasteiger partial charge in [0, 0.05) is 24.4 Å². The zero-order valence-electron chi connectivity index (χ0n) is 14.7. The highest BCUT2D eigenvalue weighted by Gasteiger charge is 2.28. The number of guanidine groups is 1. The van der Waals surface area contributed by atoms with E-state index in [4.69, 9.17) is 0 Å². The van der Waals surface area contributed by atoms with Crippen LogP contribution >= 0.6 is 35.7 Å². The van der Waals surface area contributed by atoms with Gasteiger partial charge in [-0.2, -0.15) is 24.9 Å². The van der Waals surface area contributed by atoms with Gasteiger partial charge < -0.3 is 10.6 Å². The summed E-state index contributed by atoms with van der Waals surface area (Å²) in [5.74, 6) is 0.708. The zero-order valence-corrected chi connectivity index (χ0v) is 17.8. The molecule has 1 fully saturated rings. The number of nitrogens with one attached hydrogen (secondary N) is 2. The van der Waals surface area contributed by atoms with Crippen molar-refractivity contribution in [2.45, 2.75) is 50.1 Å². The fourth-order valence-corrected chi connectivity index (χ4v) is 3.55. The maximum atomic E-state index is 12.3. The number of hydrogen-bond acceptors (Lipinski definition) is 3. The second-order valence-electron chi connectivity index (χ2n) is 5.98. The largest absolute Gasteiger partial charge is 0.401 e. The number of halogens is 4. The highest BCUT2D eigenvalue weighted by atomic mass is 127. The third-order valence-electron chi connectivity index (χ3n) is 3.85. The summed E-state index contributed by atoms with van der Waals surface area (Å²) >= 11 is 1.90. The smallest absolute Gasteiger partial charge is 0.357 e. The monoisotopic (exact) mass is 482 g/mol. The average molecular weight is 482 g/mol. The minimum atomic E-state index is -4.16. The molecule has 0 heterocycles. The Balaban J connectivity index is 0.00000529. The summed E-state index contributed by atoms with van der Waals surface area (Å²) in [5, 5.41) is 7.29. The van der Waals surface area contributed by atoms with Crippen molar-refractivity contribution in [1.82, 2.24) is 15.5 Å². The summed E-state index contributed by atoms with van der Waals surface area (Å²) < 4.78 is 36.9. The number of hydrogen-bond donors (Lipinski definition) is 2. The number of rotatable bonds is 7. The van der Waals surface area contributed by atoms with E-state index in [9.17, 15) is 13.2 Å². The van der Waals surface area contributed by atoms with Crippen LogP contribution in [0.3, 0.4) is 0 Å². The molecule has 24 heavy (non-hydrogen) atoms. The molecule has 0 spiro atoms. The van der Waals surface area contributed by atoms with Crippen LogP contribution in [0, 0.1) is 0 Å². The molecule has 0 aromatic rings. The number of likely N-dealkylation sites (N-methyl/N-ethyl adjacent to an activating group) is 1. The molecule has 2 unspecified atom stereocenters. The Morgan fingerprint density at radius 1 is 1.33 bits per heavy atom. The molecule has 4 nitrogen and oxygen atoms in total. The van der Waals surface area contributed by atoms with Crippen molar-refractivity contribution in [1.29, 1.82) is 0 Å². The first-order chi connectivity index (χ1) is 10.8. The molecule has 0 radical (unpaired) electrons. The number of thioether (sulfide) groups is 1. The number of aliphatic imine (C=N–C) groups is 1. The standard InChI is InChI=1S/C15H29F3N4S.HI/c1-4-19-14(20-8-9-22(2)11-15(16,17)18)21-12-6-5-7-13(10-12)23-3;/h12-13H,4-11H2,1-3H3,(H2,19,20,21);1H. The van der Waals surface area contributed by atoms with Crippen LogP contribution in [0.15, 0.2) is 4.99 Å². The van der Waals surface area contributed by atoms with Crippen LogP contribution in [0.4, 0.5) is 13.2 Å². The fraction of sp³-hybridized carbons (Fsp3) is 0.933. The Labute approximate surface area is 164 Å². The second kappa shape index (κ2) is 12.5. The van der Waals surface area contributed by atoms with Gasteiger partial charge in [0.1, 0.15) is 0 Å². The van der Waals surface area contributed by atoms with Gasteiger partial charge in [-0.1, -0.05) is 6.42 Å². The van der Waals surface area contributed by atoms with Crippen molar-refractivity contribution >= 4 is 41.7 Å². The summed E-state index contributed by atoms with van der Waals surface area (Å²) in [4.78, 5) is 5.65. The van der Waals surface area contributed by atoms with Crippen LogP contribution in [0.2, 0.25) is 0 Å². The van der Waals surface area contributed by atoms with Crippen LogP contribution in [-0.4, -0.2) is 67.8 Å². The molecule has 1 aliphatic rings. The maximum absolute atomic E-state index is 12.3. The highest BCUT2D eigenvalue weighted by Crippen LogP contribution is 2.26. The quantitative estimate of drug-likeness (QED) is 0.332. The van der Waals surface area contributed by atoms with Gasteiger partial charge in [-0.15, -0.1) is 24.0 Å². The summed E-state index contributed by atoms with van der Waals surface area (Å²) in [6.45, 7) is 2.46. The van der Waals surface area contributed by atoms with Crippen LogP contribution in [0.1, 0.15) is 32.6 Å². The van der Waals surface area contributed by atoms with Gasteiger partial charge >= 0.3 is 6.18 Å². The van der Waals surface area contributed by atoms with Crippen LogP contribution in [-0.2, 0) is 0 Å². The first-order valence-electron chi connectivity index (χ1n) is 8.17. The van der Waals surface area contributed by atoms with Gasteiger partial charge in [0.2, 0.25) is 0 Å². The molecular formula is C15H30F3IN4S. The van der Waals surface area contributed by atoms with Crippen LogP contribution < -0.4 is 10.6 Å². The number of nitrogens with zero attached hydrogens (tertiary/aromatic N) is 2. The molecule has 0 aromatic carbocycles. The van der Waals surface area contributed by atoms with Crippen molar-refractivity contribution in [3.8, 4) is 0 Å². The summed E-state index contributed by atoms with van der Waals surface area (Å²) in [6.07, 6.45) is 2.68. The van der Waals surface area contributed by atoms with E-state index in [1.54, 1.807) is 0 Å². The molecule has 0 aromatic heterocycles. The van der Waals surface area contributed by atoms with E-state index in [-0.39, 0.29) is 30.5 Å². The lowest BCUT2D eigenvalue weighted by Crippen LogP contribution is -2.46. The normalized spacial score (nSPS) is 22.2. The molecule has 9 heteroatoms. The topological polar surface area (TPSA) is 39.7 Å². The van der Waals surface area contributed by atoms with E-state index >= 15 is 0 Å². The zero-order chi connectivity index (χ0) is 17.3. The van der Waals surface area contributed by atoms with Gasteiger partial charge in [0.15, 0.2) is 5.96 Å². The Morgan fingerprint density at radius 2 is 2.04 bits per heavy atom. The van der Waals surface area contributed by atoms with E-state index in [1.807, 2.05) is 18.7 Å². The van der Waals surface area contributed by atoms with E-state index in [1.165, 1.54) is 24.8 Å². The predicted molar refractivity (Wildman–Crippen MR) is 108 cm³/mol. The Kier molecular flexibility index (Phi) is 12.5. The lowest BCUT2D eigenvalue weighted by molar-refractivity contribution is -0.142. The van der Waals surface area contributed by atoms with E-state index in [0.717, 1.165) is 19.4 Å². The molecule has 0 bridgehead atoms. The van der Waals surface area contributed by atoms with Crippen LogP contribution in [0.25, 0.3) is 0 Å². The third kappa shape index (κ3) is 10.9. The molecule has 1 saturated carbocycles. The summed E-state index contributed by atoms with van der Waals surface area (Å²) in [7, 11) is 1.47. The summed E-state index contributed by atoms with van der Waals surface area (Å²) in [5.41, 5.74) is 0. The first kappa shape index (κ1) is 24.1. The molecule has 144 valence electrons. The van der Waals surface area contributed by atoms with Gasteiger partial charge in [0.25, 0.3) is 0 Å². The van der Waals surface area contributed by atoms with Crippen molar-refractivity contribution in [3.05, 3.63) is 0 Å².